The third-order valence-corrected chi connectivity index (χ3v) is 9.28. The summed E-state index contributed by atoms with van der Waals surface area (Å²) >= 11 is 19.6. The molecule has 0 saturated carbocycles. The minimum absolute atomic E-state index is 0.0999. The number of aromatic carboxylic acids is 1. The molecule has 46 heavy (non-hydrogen) atoms. The number of benzene rings is 3. The Morgan fingerprint density at radius 2 is 1.74 bits per heavy atom. The summed E-state index contributed by atoms with van der Waals surface area (Å²) in [5.74, 6) is 0.178. The molecule has 0 spiro atoms. The van der Waals surface area contributed by atoms with Gasteiger partial charge in [-0.3, -0.25) is 14.6 Å². The van der Waals surface area contributed by atoms with Gasteiger partial charge < -0.3 is 24.1 Å². The standard InChI is InChI=1S/C33H32Cl2N2O7S2/c1-41-29-19-22(32(39)40)4-8-28(29)43-13-2-9-37-31(38)30(46-33(37)45)18-21-3-7-27(44-16-12-36-10-14-42-15-11-36)25(17-21)24-6-5-23(34)20-26(24)35/h3-8,17-20H,2,9-16H2,1H3,(H,39,40). The van der Waals surface area contributed by atoms with Crippen LogP contribution in [0.4, 0.5) is 0 Å². The second-order valence-corrected chi connectivity index (χ2v) is 12.9. The van der Waals surface area contributed by atoms with Gasteiger partial charge in [0, 0.05) is 42.3 Å². The van der Waals surface area contributed by atoms with Crippen LogP contribution in [0.3, 0.4) is 0 Å². The number of carbonyl (C=O) groups is 2. The van der Waals surface area contributed by atoms with Crippen molar-refractivity contribution >= 4 is 69.5 Å². The molecule has 2 fully saturated rings. The first-order valence-corrected chi connectivity index (χ1v) is 16.5. The molecule has 1 amide bonds. The van der Waals surface area contributed by atoms with E-state index in [0.717, 1.165) is 49.5 Å². The van der Waals surface area contributed by atoms with Crippen molar-refractivity contribution in [3.8, 4) is 28.4 Å². The molecule has 1 N–H and O–H groups in total. The number of carbonyl (C=O) groups excluding carboxylic acids is 1. The molecule has 0 bridgehead atoms. The number of ether oxygens (including phenoxy) is 4. The number of halogens is 2. The van der Waals surface area contributed by atoms with Crippen LogP contribution in [0, 0.1) is 0 Å². The first-order valence-electron chi connectivity index (χ1n) is 14.6. The maximum absolute atomic E-state index is 13.4. The fraction of sp³-hybridized carbons (Fsp3) is 0.303. The van der Waals surface area contributed by atoms with Gasteiger partial charge in [0.05, 0.1) is 42.4 Å². The summed E-state index contributed by atoms with van der Waals surface area (Å²) in [5.41, 5.74) is 2.45. The molecule has 3 aromatic carbocycles. The third kappa shape index (κ3) is 8.52. The van der Waals surface area contributed by atoms with Crippen molar-refractivity contribution in [3.05, 3.63) is 80.7 Å². The topological polar surface area (TPSA) is 97.8 Å². The second kappa shape index (κ2) is 16.0. The normalized spacial score (nSPS) is 16.2. The Bertz CT molecular complexity index is 1650. The number of methoxy groups -OCH3 is 1. The van der Waals surface area contributed by atoms with Crippen molar-refractivity contribution in [1.82, 2.24) is 9.80 Å². The van der Waals surface area contributed by atoms with Gasteiger partial charge in [-0.2, -0.15) is 0 Å². The van der Waals surface area contributed by atoms with Gasteiger partial charge in [-0.1, -0.05) is 59.3 Å². The van der Waals surface area contributed by atoms with Gasteiger partial charge in [0.15, 0.2) is 11.5 Å². The lowest BCUT2D eigenvalue weighted by atomic mass is 10.0. The highest BCUT2D eigenvalue weighted by molar-refractivity contribution is 8.26. The second-order valence-electron chi connectivity index (χ2n) is 10.4. The molecule has 2 aliphatic rings. The van der Waals surface area contributed by atoms with Crippen molar-refractivity contribution < 1.29 is 33.6 Å². The van der Waals surface area contributed by atoms with Gasteiger partial charge in [-0.05, 0) is 60.5 Å². The Kier molecular flexibility index (Phi) is 11.8. The molecular weight excluding hydrogens is 671 g/mol. The van der Waals surface area contributed by atoms with Crippen molar-refractivity contribution in [2.24, 2.45) is 0 Å². The first kappa shape index (κ1) is 34.0. The predicted octanol–water partition coefficient (Wildman–Crippen LogP) is 6.75. The third-order valence-electron chi connectivity index (χ3n) is 7.36. The van der Waals surface area contributed by atoms with E-state index in [0.29, 0.717) is 56.1 Å². The van der Waals surface area contributed by atoms with Gasteiger partial charge in [0.25, 0.3) is 5.91 Å². The number of hydrogen-bond acceptors (Lipinski definition) is 9. The first-order chi connectivity index (χ1) is 22.2. The number of morpholine rings is 1. The zero-order valence-electron chi connectivity index (χ0n) is 25.0. The lowest BCUT2D eigenvalue weighted by Gasteiger charge is -2.26. The van der Waals surface area contributed by atoms with Crippen LogP contribution < -0.4 is 14.2 Å². The Morgan fingerprint density at radius 3 is 2.48 bits per heavy atom. The summed E-state index contributed by atoms with van der Waals surface area (Å²) in [5, 5.41) is 10.2. The van der Waals surface area contributed by atoms with E-state index in [-0.39, 0.29) is 18.1 Å². The summed E-state index contributed by atoms with van der Waals surface area (Å²) in [7, 11) is 1.44. The maximum atomic E-state index is 13.4. The highest BCUT2D eigenvalue weighted by Crippen LogP contribution is 2.39. The molecule has 5 rings (SSSR count). The molecule has 0 radical (unpaired) electrons. The van der Waals surface area contributed by atoms with Gasteiger partial charge in [-0.15, -0.1) is 0 Å². The SMILES string of the molecule is COc1cc(C(=O)O)ccc1OCCCN1C(=O)C(=Cc2ccc(OCCN3CCOCC3)c(-c3ccc(Cl)cc3Cl)c2)SC1=S. The van der Waals surface area contributed by atoms with Crippen LogP contribution in [0.1, 0.15) is 22.3 Å². The number of thioether (sulfide) groups is 1. The fourth-order valence-corrected chi connectivity index (χ4v) is 6.78. The lowest BCUT2D eigenvalue weighted by molar-refractivity contribution is -0.122. The number of hydrogen-bond donors (Lipinski definition) is 1. The van der Waals surface area contributed by atoms with E-state index < -0.39 is 5.97 Å². The van der Waals surface area contributed by atoms with Crippen LogP contribution in [0.5, 0.6) is 17.2 Å². The maximum Gasteiger partial charge on any atom is 0.335 e. The van der Waals surface area contributed by atoms with Gasteiger partial charge in [0.2, 0.25) is 0 Å². The molecule has 9 nitrogen and oxygen atoms in total. The molecular formula is C33H32Cl2N2O7S2. The lowest BCUT2D eigenvalue weighted by Crippen LogP contribution is -2.38. The Hall–Kier alpha value is -3.32. The van der Waals surface area contributed by atoms with E-state index in [1.807, 2.05) is 30.3 Å². The minimum Gasteiger partial charge on any atom is -0.493 e. The Balaban J connectivity index is 1.26. The van der Waals surface area contributed by atoms with Gasteiger partial charge >= 0.3 is 5.97 Å². The molecule has 0 aromatic heterocycles. The summed E-state index contributed by atoms with van der Waals surface area (Å²) in [6.45, 7) is 5.11. The van der Waals surface area contributed by atoms with E-state index in [1.54, 1.807) is 23.1 Å². The average Bonchev–Trinajstić information content (AvgIpc) is 3.31. The summed E-state index contributed by atoms with van der Waals surface area (Å²) in [6, 6.07) is 15.5. The van der Waals surface area contributed by atoms with Crippen LogP contribution in [0.2, 0.25) is 10.0 Å². The van der Waals surface area contributed by atoms with E-state index in [4.69, 9.17) is 54.4 Å². The smallest absolute Gasteiger partial charge is 0.335 e. The van der Waals surface area contributed by atoms with Crippen LogP contribution in [0.25, 0.3) is 17.2 Å². The van der Waals surface area contributed by atoms with E-state index in [1.165, 1.54) is 31.0 Å². The minimum atomic E-state index is -1.05. The zero-order chi connectivity index (χ0) is 32.6. The van der Waals surface area contributed by atoms with Gasteiger partial charge in [0.1, 0.15) is 16.7 Å². The van der Waals surface area contributed by atoms with Crippen LogP contribution in [0.15, 0.2) is 59.5 Å². The quantitative estimate of drug-likeness (QED) is 0.117. The summed E-state index contributed by atoms with van der Waals surface area (Å²) in [6.07, 6.45) is 2.31. The van der Waals surface area contributed by atoms with Crippen molar-refractivity contribution in [2.45, 2.75) is 6.42 Å². The van der Waals surface area contributed by atoms with Gasteiger partial charge in [-0.25, -0.2) is 4.79 Å². The Labute approximate surface area is 286 Å². The zero-order valence-corrected chi connectivity index (χ0v) is 28.1. The Morgan fingerprint density at radius 1 is 0.978 bits per heavy atom. The van der Waals surface area contributed by atoms with Crippen molar-refractivity contribution in [2.75, 3.05) is 59.7 Å². The largest absolute Gasteiger partial charge is 0.493 e. The fourth-order valence-electron chi connectivity index (χ4n) is 4.96. The number of carboxylic acid groups (broad SMARTS) is 1. The van der Waals surface area contributed by atoms with Crippen LogP contribution in [-0.4, -0.2) is 90.8 Å². The molecule has 2 heterocycles. The highest BCUT2D eigenvalue weighted by Gasteiger charge is 2.31. The molecule has 3 aromatic rings. The summed E-state index contributed by atoms with van der Waals surface area (Å²) in [4.78, 5) is 28.9. The molecule has 2 saturated heterocycles. The molecule has 0 unspecified atom stereocenters. The highest BCUT2D eigenvalue weighted by atomic mass is 35.5. The molecule has 242 valence electrons. The van der Waals surface area contributed by atoms with E-state index >= 15 is 0 Å². The van der Waals surface area contributed by atoms with Crippen LogP contribution in [-0.2, 0) is 9.53 Å². The van der Waals surface area contributed by atoms with Crippen LogP contribution >= 0.6 is 47.2 Å². The van der Waals surface area contributed by atoms with E-state index in [9.17, 15) is 14.7 Å². The average molecular weight is 704 g/mol. The summed E-state index contributed by atoms with van der Waals surface area (Å²) < 4.78 is 23.2. The van der Waals surface area contributed by atoms with Crippen molar-refractivity contribution in [3.63, 3.8) is 0 Å². The van der Waals surface area contributed by atoms with Crippen molar-refractivity contribution in [1.29, 1.82) is 0 Å². The number of thiocarbonyl (C=S) groups is 1. The predicted molar refractivity (Wildman–Crippen MR) is 185 cm³/mol. The number of nitrogens with zero attached hydrogens (tertiary/aromatic N) is 2. The molecule has 13 heteroatoms. The monoisotopic (exact) mass is 702 g/mol. The number of amides is 1. The molecule has 0 aliphatic carbocycles. The number of carboxylic acids is 1. The number of rotatable bonds is 13. The van der Waals surface area contributed by atoms with E-state index in [2.05, 4.69) is 4.90 Å². The molecule has 0 atom stereocenters. The molecule has 2 aliphatic heterocycles.